The summed E-state index contributed by atoms with van der Waals surface area (Å²) in [4.78, 5) is 0. The Morgan fingerprint density at radius 3 is 2.18 bits per heavy atom. The molecule has 1 heterocycles. The Bertz CT molecular complexity index is 1280. The SMILES string of the molecule is COc1cc(C2Nc3cccc4cccc(c34)N2)ccc1OCc1cccc(C(F)(F)F)c1. The van der Waals surface area contributed by atoms with Crippen molar-refractivity contribution in [3.05, 3.63) is 95.6 Å². The molecule has 0 unspecified atom stereocenters. The zero-order chi connectivity index (χ0) is 23.0. The summed E-state index contributed by atoms with van der Waals surface area (Å²) in [6.07, 6.45) is -4.57. The number of benzene rings is 4. The number of rotatable bonds is 5. The van der Waals surface area contributed by atoms with Gasteiger partial charge in [-0.1, -0.05) is 42.5 Å². The van der Waals surface area contributed by atoms with E-state index in [2.05, 4.69) is 22.8 Å². The molecule has 4 nitrogen and oxygen atoms in total. The Labute approximate surface area is 189 Å². The van der Waals surface area contributed by atoms with Crippen molar-refractivity contribution in [1.82, 2.24) is 0 Å². The van der Waals surface area contributed by atoms with Crippen LogP contribution in [0.1, 0.15) is 22.9 Å². The van der Waals surface area contributed by atoms with E-state index in [1.165, 1.54) is 13.2 Å². The van der Waals surface area contributed by atoms with Gasteiger partial charge in [0.25, 0.3) is 0 Å². The van der Waals surface area contributed by atoms with Crippen LogP contribution in [0.2, 0.25) is 0 Å². The quantitative estimate of drug-likeness (QED) is 0.344. The van der Waals surface area contributed by atoms with E-state index in [0.29, 0.717) is 17.1 Å². The van der Waals surface area contributed by atoms with E-state index in [0.717, 1.165) is 39.8 Å². The zero-order valence-electron chi connectivity index (χ0n) is 17.7. The molecular weight excluding hydrogens is 429 g/mol. The third-order valence-electron chi connectivity index (χ3n) is 5.67. The second-order valence-electron chi connectivity index (χ2n) is 7.83. The van der Waals surface area contributed by atoms with Crippen molar-refractivity contribution in [1.29, 1.82) is 0 Å². The molecular formula is C26H21F3N2O2. The standard InChI is InChI=1S/C26H21F3N2O2/c1-32-23-14-18(25-30-20-9-3-6-17-7-4-10-21(31-25)24(17)20)11-12-22(23)33-15-16-5-2-8-19(13-16)26(27,28)29/h2-14,25,30-31H,15H2,1H3. The molecule has 0 fully saturated rings. The molecule has 0 saturated carbocycles. The van der Waals surface area contributed by atoms with Gasteiger partial charge < -0.3 is 20.1 Å². The molecule has 0 bridgehead atoms. The highest BCUT2D eigenvalue weighted by atomic mass is 19.4. The number of nitrogens with one attached hydrogen (secondary N) is 2. The van der Waals surface area contributed by atoms with E-state index >= 15 is 0 Å². The highest BCUT2D eigenvalue weighted by Gasteiger charge is 2.30. The second-order valence-corrected chi connectivity index (χ2v) is 7.83. The van der Waals surface area contributed by atoms with E-state index < -0.39 is 11.7 Å². The molecule has 5 rings (SSSR count). The fourth-order valence-corrected chi connectivity index (χ4v) is 4.08. The summed E-state index contributed by atoms with van der Waals surface area (Å²) >= 11 is 0. The molecule has 7 heteroatoms. The van der Waals surface area contributed by atoms with Crippen molar-refractivity contribution in [2.45, 2.75) is 18.9 Å². The monoisotopic (exact) mass is 450 g/mol. The van der Waals surface area contributed by atoms with E-state index in [9.17, 15) is 13.2 Å². The Morgan fingerprint density at radius 2 is 1.52 bits per heavy atom. The van der Waals surface area contributed by atoms with Gasteiger partial charge in [-0.2, -0.15) is 13.2 Å². The predicted molar refractivity (Wildman–Crippen MR) is 123 cm³/mol. The van der Waals surface area contributed by atoms with Crippen molar-refractivity contribution < 1.29 is 22.6 Å². The van der Waals surface area contributed by atoms with Gasteiger partial charge in [0, 0.05) is 16.8 Å². The van der Waals surface area contributed by atoms with Gasteiger partial charge in [0.15, 0.2) is 11.5 Å². The van der Waals surface area contributed by atoms with Crippen LogP contribution in [0, 0.1) is 0 Å². The highest BCUT2D eigenvalue weighted by molar-refractivity contribution is 6.04. The smallest absolute Gasteiger partial charge is 0.416 e. The van der Waals surface area contributed by atoms with Gasteiger partial charge in [-0.25, -0.2) is 0 Å². The van der Waals surface area contributed by atoms with Crippen LogP contribution in [-0.2, 0) is 12.8 Å². The van der Waals surface area contributed by atoms with Gasteiger partial charge in [-0.15, -0.1) is 0 Å². The Morgan fingerprint density at radius 1 is 0.818 bits per heavy atom. The van der Waals surface area contributed by atoms with Crippen molar-refractivity contribution >= 4 is 22.1 Å². The van der Waals surface area contributed by atoms with Crippen molar-refractivity contribution in [2.75, 3.05) is 17.7 Å². The number of methoxy groups -OCH3 is 1. The molecule has 4 aromatic carbocycles. The van der Waals surface area contributed by atoms with E-state index in [1.54, 1.807) is 12.1 Å². The predicted octanol–water partition coefficient (Wildman–Crippen LogP) is 6.98. The van der Waals surface area contributed by atoms with Crippen LogP contribution in [0.15, 0.2) is 78.9 Å². The first-order valence-corrected chi connectivity index (χ1v) is 10.4. The minimum Gasteiger partial charge on any atom is -0.493 e. The van der Waals surface area contributed by atoms with Crippen LogP contribution in [0.25, 0.3) is 10.8 Å². The van der Waals surface area contributed by atoms with Crippen LogP contribution in [0.4, 0.5) is 24.5 Å². The molecule has 0 aromatic heterocycles. The molecule has 0 aliphatic carbocycles. The molecule has 0 saturated heterocycles. The number of alkyl halides is 3. The molecule has 0 radical (unpaired) electrons. The first-order valence-electron chi connectivity index (χ1n) is 10.4. The summed E-state index contributed by atoms with van der Waals surface area (Å²) < 4.78 is 50.2. The fraction of sp³-hybridized carbons (Fsp3) is 0.154. The van der Waals surface area contributed by atoms with E-state index in [-0.39, 0.29) is 12.8 Å². The Balaban J connectivity index is 1.36. The molecule has 1 aliphatic heterocycles. The average Bonchev–Trinajstić information content (AvgIpc) is 2.82. The van der Waals surface area contributed by atoms with Crippen LogP contribution in [0.5, 0.6) is 11.5 Å². The molecule has 0 atom stereocenters. The maximum Gasteiger partial charge on any atom is 0.416 e. The van der Waals surface area contributed by atoms with Gasteiger partial charge in [-0.05, 0) is 52.9 Å². The van der Waals surface area contributed by atoms with Crippen molar-refractivity contribution in [3.8, 4) is 11.5 Å². The van der Waals surface area contributed by atoms with Gasteiger partial charge in [0.1, 0.15) is 12.8 Å². The number of ether oxygens (including phenoxy) is 2. The van der Waals surface area contributed by atoms with Gasteiger partial charge in [0.05, 0.1) is 12.7 Å². The lowest BCUT2D eigenvalue weighted by Gasteiger charge is -2.30. The van der Waals surface area contributed by atoms with Gasteiger partial charge >= 0.3 is 6.18 Å². The third kappa shape index (κ3) is 4.14. The Hall–Kier alpha value is -3.87. The van der Waals surface area contributed by atoms with Gasteiger partial charge in [-0.3, -0.25) is 0 Å². The number of hydrogen-bond donors (Lipinski definition) is 2. The Kier molecular flexibility index (Phi) is 5.24. The van der Waals surface area contributed by atoms with E-state index in [1.807, 2.05) is 36.4 Å². The molecule has 4 aromatic rings. The number of hydrogen-bond acceptors (Lipinski definition) is 4. The minimum atomic E-state index is -4.39. The highest BCUT2D eigenvalue weighted by Crippen LogP contribution is 2.40. The fourth-order valence-electron chi connectivity index (χ4n) is 4.08. The largest absolute Gasteiger partial charge is 0.493 e. The lowest BCUT2D eigenvalue weighted by atomic mass is 10.0. The minimum absolute atomic E-state index is 0.00503. The lowest BCUT2D eigenvalue weighted by molar-refractivity contribution is -0.137. The first kappa shape index (κ1) is 21.0. The van der Waals surface area contributed by atoms with Crippen LogP contribution in [-0.4, -0.2) is 7.11 Å². The molecule has 0 amide bonds. The summed E-state index contributed by atoms with van der Waals surface area (Å²) in [6.45, 7) is -0.00503. The summed E-state index contributed by atoms with van der Waals surface area (Å²) in [5.74, 6) is 0.956. The topological polar surface area (TPSA) is 42.5 Å². The molecule has 0 spiro atoms. The molecule has 33 heavy (non-hydrogen) atoms. The molecule has 1 aliphatic rings. The average molecular weight is 450 g/mol. The van der Waals surface area contributed by atoms with Crippen LogP contribution in [0.3, 0.4) is 0 Å². The summed E-state index contributed by atoms with van der Waals surface area (Å²) in [5.41, 5.74) is 2.74. The maximum absolute atomic E-state index is 13.0. The number of halogens is 3. The normalized spacial score (nSPS) is 13.3. The van der Waals surface area contributed by atoms with E-state index in [4.69, 9.17) is 9.47 Å². The van der Waals surface area contributed by atoms with Crippen molar-refractivity contribution in [2.24, 2.45) is 0 Å². The van der Waals surface area contributed by atoms with Crippen molar-refractivity contribution in [3.63, 3.8) is 0 Å². The molecule has 2 N–H and O–H groups in total. The summed E-state index contributed by atoms with van der Waals surface area (Å²) in [7, 11) is 1.54. The second kappa shape index (κ2) is 8.24. The molecule has 168 valence electrons. The summed E-state index contributed by atoms with van der Waals surface area (Å²) in [6, 6.07) is 22.9. The van der Waals surface area contributed by atoms with Gasteiger partial charge in [0.2, 0.25) is 0 Å². The first-order chi connectivity index (χ1) is 15.9. The number of anilines is 2. The van der Waals surface area contributed by atoms with Crippen LogP contribution < -0.4 is 20.1 Å². The zero-order valence-corrected chi connectivity index (χ0v) is 17.7. The maximum atomic E-state index is 13.0. The summed E-state index contributed by atoms with van der Waals surface area (Å²) in [5, 5.41) is 9.32. The lowest BCUT2D eigenvalue weighted by Crippen LogP contribution is -2.23. The van der Waals surface area contributed by atoms with Crippen LogP contribution >= 0.6 is 0 Å². The third-order valence-corrected chi connectivity index (χ3v) is 5.67.